The number of ketones is 1. The molecule has 146 valence electrons. The standard InChI is InChI=1S/C24H39NO/c1-22(26)17-13-10-8-6-4-2-3-5-7-9-11-16-20-24(25)21-23-18-14-12-15-19-23/h12,14-15,18-19,21H,2-11,13,16-17,20,25H2,1H3. The Bertz CT molecular complexity index is 492. The first-order chi connectivity index (χ1) is 12.7. The van der Waals surface area contributed by atoms with Crippen molar-refractivity contribution < 1.29 is 4.79 Å². The molecule has 2 N–H and O–H groups in total. The van der Waals surface area contributed by atoms with E-state index >= 15 is 0 Å². The third-order valence-electron chi connectivity index (χ3n) is 4.90. The fraction of sp³-hybridized carbons (Fsp3) is 0.625. The molecule has 26 heavy (non-hydrogen) atoms. The Morgan fingerprint density at radius 2 is 1.15 bits per heavy atom. The summed E-state index contributed by atoms with van der Waals surface area (Å²) in [6.45, 7) is 1.69. The second-order valence-electron chi connectivity index (χ2n) is 7.57. The van der Waals surface area contributed by atoms with E-state index in [0.717, 1.165) is 25.0 Å². The number of benzene rings is 1. The maximum absolute atomic E-state index is 10.8. The van der Waals surface area contributed by atoms with Crippen LogP contribution in [0.1, 0.15) is 102 Å². The normalized spacial score (nSPS) is 11.7. The Morgan fingerprint density at radius 1 is 0.731 bits per heavy atom. The molecule has 0 saturated carbocycles. The van der Waals surface area contributed by atoms with Crippen molar-refractivity contribution in [2.45, 2.75) is 96.8 Å². The quantitative estimate of drug-likeness (QED) is 0.322. The van der Waals surface area contributed by atoms with E-state index in [0.29, 0.717) is 5.78 Å². The minimum atomic E-state index is 0.333. The molecule has 1 aromatic carbocycles. The summed E-state index contributed by atoms with van der Waals surface area (Å²) in [5.74, 6) is 0.333. The molecule has 0 aromatic heterocycles. The predicted molar refractivity (Wildman–Crippen MR) is 114 cm³/mol. The van der Waals surface area contributed by atoms with Gasteiger partial charge in [0, 0.05) is 12.1 Å². The van der Waals surface area contributed by atoms with Crippen molar-refractivity contribution in [2.75, 3.05) is 0 Å². The molecule has 2 nitrogen and oxygen atoms in total. The van der Waals surface area contributed by atoms with Crippen LogP contribution in [-0.4, -0.2) is 5.78 Å². The second-order valence-corrected chi connectivity index (χ2v) is 7.57. The van der Waals surface area contributed by atoms with E-state index in [1.807, 2.05) is 18.2 Å². The summed E-state index contributed by atoms with van der Waals surface area (Å²) in [6.07, 6.45) is 19.5. The molecule has 0 fully saturated rings. The minimum Gasteiger partial charge on any atom is -0.402 e. The molecule has 0 saturated heterocycles. The summed E-state index contributed by atoms with van der Waals surface area (Å²) in [5.41, 5.74) is 8.30. The third kappa shape index (κ3) is 13.7. The number of carbonyl (C=O) groups excluding carboxylic acids is 1. The van der Waals surface area contributed by atoms with Gasteiger partial charge >= 0.3 is 0 Å². The van der Waals surface area contributed by atoms with Crippen molar-refractivity contribution in [2.24, 2.45) is 5.73 Å². The molecule has 0 atom stereocenters. The van der Waals surface area contributed by atoms with Crippen LogP contribution in [0.15, 0.2) is 36.0 Å². The van der Waals surface area contributed by atoms with Gasteiger partial charge in [-0.05, 0) is 37.8 Å². The van der Waals surface area contributed by atoms with Crippen molar-refractivity contribution in [3.05, 3.63) is 41.6 Å². The van der Waals surface area contributed by atoms with E-state index in [4.69, 9.17) is 5.73 Å². The zero-order valence-corrected chi connectivity index (χ0v) is 16.8. The average Bonchev–Trinajstić information content (AvgIpc) is 2.62. The summed E-state index contributed by atoms with van der Waals surface area (Å²) in [6, 6.07) is 10.3. The monoisotopic (exact) mass is 357 g/mol. The van der Waals surface area contributed by atoms with Gasteiger partial charge in [-0.1, -0.05) is 94.5 Å². The van der Waals surface area contributed by atoms with Gasteiger partial charge in [-0.15, -0.1) is 0 Å². The lowest BCUT2D eigenvalue weighted by molar-refractivity contribution is -0.117. The van der Waals surface area contributed by atoms with Crippen LogP contribution in [0.25, 0.3) is 6.08 Å². The minimum absolute atomic E-state index is 0.333. The Labute approximate surface area is 161 Å². The molecule has 0 aliphatic heterocycles. The highest BCUT2D eigenvalue weighted by molar-refractivity contribution is 5.75. The first-order valence-electron chi connectivity index (χ1n) is 10.7. The highest BCUT2D eigenvalue weighted by atomic mass is 16.1. The van der Waals surface area contributed by atoms with E-state index in [-0.39, 0.29) is 0 Å². The first-order valence-corrected chi connectivity index (χ1v) is 10.7. The zero-order valence-electron chi connectivity index (χ0n) is 16.8. The summed E-state index contributed by atoms with van der Waals surface area (Å²) in [4.78, 5) is 10.8. The molecule has 0 radical (unpaired) electrons. The lowest BCUT2D eigenvalue weighted by atomic mass is 10.0. The molecule has 0 heterocycles. The van der Waals surface area contributed by atoms with Gasteiger partial charge in [0.2, 0.25) is 0 Å². The van der Waals surface area contributed by atoms with Gasteiger partial charge < -0.3 is 10.5 Å². The van der Waals surface area contributed by atoms with Gasteiger partial charge in [-0.2, -0.15) is 0 Å². The van der Waals surface area contributed by atoms with Crippen LogP contribution in [0.5, 0.6) is 0 Å². The number of unbranched alkanes of at least 4 members (excludes halogenated alkanes) is 11. The average molecular weight is 358 g/mol. The highest BCUT2D eigenvalue weighted by Gasteiger charge is 1.97. The number of allylic oxidation sites excluding steroid dienone is 1. The molecule has 1 rings (SSSR count). The van der Waals surface area contributed by atoms with Crippen LogP contribution in [0.2, 0.25) is 0 Å². The van der Waals surface area contributed by atoms with Gasteiger partial charge in [0.15, 0.2) is 0 Å². The number of rotatable bonds is 16. The maximum Gasteiger partial charge on any atom is 0.129 e. The predicted octanol–water partition coefficient (Wildman–Crippen LogP) is 7.04. The summed E-state index contributed by atoms with van der Waals surface area (Å²) >= 11 is 0. The summed E-state index contributed by atoms with van der Waals surface area (Å²) in [7, 11) is 0. The zero-order chi connectivity index (χ0) is 18.9. The second kappa shape index (κ2) is 15.7. The van der Waals surface area contributed by atoms with Crippen molar-refractivity contribution in [3.63, 3.8) is 0 Å². The first kappa shape index (κ1) is 22.5. The van der Waals surface area contributed by atoms with Gasteiger partial charge in [0.25, 0.3) is 0 Å². The van der Waals surface area contributed by atoms with E-state index in [9.17, 15) is 4.79 Å². The van der Waals surface area contributed by atoms with Crippen LogP contribution in [0.4, 0.5) is 0 Å². The highest BCUT2D eigenvalue weighted by Crippen LogP contribution is 2.14. The van der Waals surface area contributed by atoms with E-state index in [1.54, 1.807) is 6.92 Å². The van der Waals surface area contributed by atoms with Crippen molar-refractivity contribution in [3.8, 4) is 0 Å². The SMILES string of the molecule is CC(=O)CCCCCCCCCCCCCCC(N)=Cc1ccccc1. The Balaban J connectivity index is 1.83. The summed E-state index contributed by atoms with van der Waals surface area (Å²) in [5, 5.41) is 0. The number of hydrogen-bond donors (Lipinski definition) is 1. The number of nitrogens with two attached hydrogens (primary N) is 1. The van der Waals surface area contributed by atoms with E-state index < -0.39 is 0 Å². The van der Waals surface area contributed by atoms with Crippen molar-refractivity contribution in [1.82, 2.24) is 0 Å². The molecular weight excluding hydrogens is 318 g/mol. The Morgan fingerprint density at radius 3 is 1.62 bits per heavy atom. The van der Waals surface area contributed by atoms with Crippen LogP contribution < -0.4 is 5.73 Å². The van der Waals surface area contributed by atoms with Gasteiger partial charge in [-0.25, -0.2) is 0 Å². The molecule has 1 aromatic rings. The Kier molecular flexibility index (Phi) is 13.5. The number of carbonyl (C=O) groups is 1. The molecule has 2 heteroatoms. The molecule has 0 unspecified atom stereocenters. The van der Waals surface area contributed by atoms with Gasteiger partial charge in [-0.3, -0.25) is 0 Å². The molecule has 0 bridgehead atoms. The van der Waals surface area contributed by atoms with Crippen molar-refractivity contribution >= 4 is 11.9 Å². The van der Waals surface area contributed by atoms with E-state index in [2.05, 4.69) is 18.2 Å². The molecule has 0 spiro atoms. The fourth-order valence-electron chi connectivity index (χ4n) is 3.31. The smallest absolute Gasteiger partial charge is 0.129 e. The summed E-state index contributed by atoms with van der Waals surface area (Å²) < 4.78 is 0. The molecule has 0 aliphatic rings. The molecular formula is C24H39NO. The fourth-order valence-corrected chi connectivity index (χ4v) is 3.31. The number of Topliss-reactive ketones (excluding diaryl/α,β-unsaturated/α-hetero) is 1. The maximum atomic E-state index is 10.8. The Hall–Kier alpha value is -1.57. The van der Waals surface area contributed by atoms with E-state index in [1.165, 1.54) is 76.2 Å². The largest absolute Gasteiger partial charge is 0.402 e. The van der Waals surface area contributed by atoms with Gasteiger partial charge in [0.1, 0.15) is 5.78 Å². The lowest BCUT2D eigenvalue weighted by Gasteiger charge is -2.04. The van der Waals surface area contributed by atoms with Crippen LogP contribution in [0.3, 0.4) is 0 Å². The third-order valence-corrected chi connectivity index (χ3v) is 4.90. The number of hydrogen-bond acceptors (Lipinski definition) is 2. The van der Waals surface area contributed by atoms with Crippen LogP contribution in [0, 0.1) is 0 Å². The lowest BCUT2D eigenvalue weighted by Crippen LogP contribution is -1.96. The topological polar surface area (TPSA) is 43.1 Å². The van der Waals surface area contributed by atoms with Crippen LogP contribution in [-0.2, 0) is 4.79 Å². The van der Waals surface area contributed by atoms with Crippen LogP contribution >= 0.6 is 0 Å². The van der Waals surface area contributed by atoms with Gasteiger partial charge in [0.05, 0.1) is 0 Å². The molecule has 0 amide bonds. The van der Waals surface area contributed by atoms with Crippen molar-refractivity contribution in [1.29, 1.82) is 0 Å². The molecule has 0 aliphatic carbocycles.